The molecule has 0 heterocycles. The summed E-state index contributed by atoms with van der Waals surface area (Å²) in [5, 5.41) is 10.3. The van der Waals surface area contributed by atoms with E-state index in [0.29, 0.717) is 26.1 Å². The molecule has 0 saturated carbocycles. The van der Waals surface area contributed by atoms with E-state index < -0.39 is 14.4 Å². The minimum Gasteiger partial charge on any atom is -0.497 e. The van der Waals surface area contributed by atoms with Crippen LogP contribution in [0.5, 0.6) is 5.75 Å². The van der Waals surface area contributed by atoms with Crippen LogP contribution in [0.3, 0.4) is 0 Å². The molecule has 0 amide bonds. The Kier molecular flexibility index (Phi) is 9.03. The van der Waals surface area contributed by atoms with Gasteiger partial charge in [-0.05, 0) is 42.2 Å². The quantitative estimate of drug-likeness (QED) is 0.437. The summed E-state index contributed by atoms with van der Waals surface area (Å²) in [5.41, 5.74) is 1.07. The van der Waals surface area contributed by atoms with E-state index in [9.17, 15) is 5.11 Å². The Labute approximate surface area is 160 Å². The molecule has 1 aromatic rings. The average Bonchev–Trinajstić information content (AvgIpc) is 2.57. The molecule has 1 N–H and O–H groups in total. The molecule has 4 nitrogen and oxygen atoms in total. The molecule has 0 unspecified atom stereocenters. The van der Waals surface area contributed by atoms with E-state index in [1.54, 1.807) is 13.2 Å². The molecule has 1 aromatic carbocycles. The Morgan fingerprint density at radius 2 is 1.81 bits per heavy atom. The van der Waals surface area contributed by atoms with Crippen LogP contribution in [0.1, 0.15) is 39.2 Å². The van der Waals surface area contributed by atoms with Crippen molar-refractivity contribution < 1.29 is 19.0 Å². The van der Waals surface area contributed by atoms with Gasteiger partial charge in [0.1, 0.15) is 5.75 Å². The molecule has 2 atom stereocenters. The van der Waals surface area contributed by atoms with Gasteiger partial charge in [-0.15, -0.1) is 6.58 Å². The largest absolute Gasteiger partial charge is 0.497 e. The zero-order valence-electron chi connectivity index (χ0n) is 17.2. The first kappa shape index (κ1) is 22.9. The highest BCUT2D eigenvalue weighted by atomic mass is 28.4. The summed E-state index contributed by atoms with van der Waals surface area (Å²) in [6, 6.07) is 7.83. The van der Waals surface area contributed by atoms with E-state index >= 15 is 0 Å². The van der Waals surface area contributed by atoms with Crippen molar-refractivity contribution in [1.82, 2.24) is 0 Å². The Hall–Kier alpha value is -1.14. The lowest BCUT2D eigenvalue weighted by atomic mass is 10.1. The highest BCUT2D eigenvalue weighted by Crippen LogP contribution is 2.36. The van der Waals surface area contributed by atoms with Gasteiger partial charge in [-0.25, -0.2) is 0 Å². The van der Waals surface area contributed by atoms with Gasteiger partial charge in [0, 0.05) is 6.42 Å². The van der Waals surface area contributed by atoms with Crippen molar-refractivity contribution >= 4 is 8.32 Å². The number of aliphatic hydroxyl groups is 1. The van der Waals surface area contributed by atoms with Crippen LogP contribution in [-0.4, -0.2) is 39.3 Å². The molecule has 0 radical (unpaired) electrons. The molecular formula is C21H36O4Si. The van der Waals surface area contributed by atoms with Gasteiger partial charge in [0.25, 0.3) is 0 Å². The Morgan fingerprint density at radius 1 is 1.19 bits per heavy atom. The fraction of sp³-hybridized carbons (Fsp3) is 0.619. The first-order chi connectivity index (χ1) is 12.1. The molecule has 0 aliphatic rings. The number of ether oxygens (including phenoxy) is 2. The summed E-state index contributed by atoms with van der Waals surface area (Å²) in [6.07, 6.45) is 2.22. The lowest BCUT2D eigenvalue weighted by Gasteiger charge is -2.37. The van der Waals surface area contributed by atoms with Crippen molar-refractivity contribution in [3.05, 3.63) is 42.5 Å². The lowest BCUT2D eigenvalue weighted by molar-refractivity contribution is -0.0224. The molecule has 26 heavy (non-hydrogen) atoms. The maximum Gasteiger partial charge on any atom is 0.192 e. The number of benzene rings is 1. The molecule has 0 fully saturated rings. The van der Waals surface area contributed by atoms with Gasteiger partial charge < -0.3 is 19.0 Å². The second-order valence-electron chi connectivity index (χ2n) is 8.27. The first-order valence-electron chi connectivity index (χ1n) is 9.26. The maximum absolute atomic E-state index is 10.2. The number of hydrogen-bond donors (Lipinski definition) is 1. The topological polar surface area (TPSA) is 47.9 Å². The summed E-state index contributed by atoms with van der Waals surface area (Å²) in [4.78, 5) is 0. The van der Waals surface area contributed by atoms with Crippen LogP contribution >= 0.6 is 0 Å². The number of hydrogen-bond acceptors (Lipinski definition) is 4. The zero-order valence-corrected chi connectivity index (χ0v) is 18.2. The molecular weight excluding hydrogens is 344 g/mol. The molecule has 1 rings (SSSR count). The SMILES string of the molecule is C=CC[C@H](O)C[C@@H](CO[Si](C)(C)C(C)(C)C)OCc1ccc(OC)cc1. The molecule has 5 heteroatoms. The summed E-state index contributed by atoms with van der Waals surface area (Å²) in [7, 11) is -0.203. The van der Waals surface area contributed by atoms with E-state index in [4.69, 9.17) is 13.9 Å². The predicted octanol–water partition coefficient (Wildman–Crippen LogP) is 4.93. The maximum atomic E-state index is 10.2. The second kappa shape index (κ2) is 10.3. The number of methoxy groups -OCH3 is 1. The molecule has 0 spiro atoms. The minimum absolute atomic E-state index is 0.146. The third-order valence-corrected chi connectivity index (χ3v) is 9.56. The van der Waals surface area contributed by atoms with Crippen molar-refractivity contribution in [2.24, 2.45) is 0 Å². The van der Waals surface area contributed by atoms with Crippen molar-refractivity contribution in [2.75, 3.05) is 13.7 Å². The number of aliphatic hydroxyl groups excluding tert-OH is 1. The molecule has 0 aliphatic carbocycles. The van der Waals surface area contributed by atoms with Crippen LogP contribution in [0, 0.1) is 0 Å². The second-order valence-corrected chi connectivity index (χ2v) is 13.1. The molecule has 0 aromatic heterocycles. The highest BCUT2D eigenvalue weighted by molar-refractivity contribution is 6.74. The molecule has 0 bridgehead atoms. The molecule has 0 saturated heterocycles. The minimum atomic E-state index is -1.86. The summed E-state index contributed by atoms with van der Waals surface area (Å²) in [6.45, 7) is 15.8. The average molecular weight is 381 g/mol. The van der Waals surface area contributed by atoms with E-state index in [-0.39, 0.29) is 11.1 Å². The lowest BCUT2D eigenvalue weighted by Crippen LogP contribution is -2.43. The van der Waals surface area contributed by atoms with Gasteiger partial charge in [0.2, 0.25) is 0 Å². The normalized spacial score (nSPS) is 14.7. The van der Waals surface area contributed by atoms with Crippen LogP contribution < -0.4 is 4.74 Å². The monoisotopic (exact) mass is 380 g/mol. The van der Waals surface area contributed by atoms with Crippen LogP contribution in [0.15, 0.2) is 36.9 Å². The van der Waals surface area contributed by atoms with Gasteiger partial charge in [0.15, 0.2) is 8.32 Å². The summed E-state index contributed by atoms with van der Waals surface area (Å²) < 4.78 is 17.6. The van der Waals surface area contributed by atoms with Crippen molar-refractivity contribution in [3.63, 3.8) is 0 Å². The van der Waals surface area contributed by atoms with Gasteiger partial charge in [-0.2, -0.15) is 0 Å². The fourth-order valence-electron chi connectivity index (χ4n) is 2.23. The Balaban J connectivity index is 2.69. The third kappa shape index (κ3) is 7.62. The highest BCUT2D eigenvalue weighted by Gasteiger charge is 2.37. The van der Waals surface area contributed by atoms with Gasteiger partial charge >= 0.3 is 0 Å². The van der Waals surface area contributed by atoms with Crippen LogP contribution in [-0.2, 0) is 15.8 Å². The molecule has 0 aliphatic heterocycles. The smallest absolute Gasteiger partial charge is 0.192 e. The van der Waals surface area contributed by atoms with Crippen molar-refractivity contribution in [1.29, 1.82) is 0 Å². The summed E-state index contributed by atoms with van der Waals surface area (Å²) >= 11 is 0. The van der Waals surface area contributed by atoms with Gasteiger partial charge in [0.05, 0.1) is 32.5 Å². The van der Waals surface area contributed by atoms with Gasteiger partial charge in [-0.3, -0.25) is 0 Å². The number of rotatable bonds is 11. The standard InChI is InChI=1S/C21H36O4Si/c1-8-9-18(22)14-20(16-25-26(6,7)21(2,3)4)24-15-17-10-12-19(23-5)13-11-17/h8,10-13,18,20,22H,1,9,14-16H2,2-7H3/t18-,20-/m0/s1. The van der Waals surface area contributed by atoms with Crippen LogP contribution in [0.4, 0.5) is 0 Å². The fourth-order valence-corrected chi connectivity index (χ4v) is 3.27. The van der Waals surface area contributed by atoms with E-state index in [1.807, 2.05) is 24.3 Å². The predicted molar refractivity (Wildman–Crippen MR) is 110 cm³/mol. The van der Waals surface area contributed by atoms with Gasteiger partial charge in [-0.1, -0.05) is 39.0 Å². The Morgan fingerprint density at radius 3 is 2.31 bits per heavy atom. The zero-order chi connectivity index (χ0) is 19.8. The van der Waals surface area contributed by atoms with E-state index in [2.05, 4.69) is 40.4 Å². The molecule has 148 valence electrons. The third-order valence-electron chi connectivity index (χ3n) is 5.05. The Bertz CT molecular complexity index is 534. The van der Waals surface area contributed by atoms with E-state index in [0.717, 1.165) is 11.3 Å². The van der Waals surface area contributed by atoms with Crippen molar-refractivity contribution in [2.45, 2.75) is 70.6 Å². The first-order valence-corrected chi connectivity index (χ1v) is 12.2. The van der Waals surface area contributed by atoms with Crippen molar-refractivity contribution in [3.8, 4) is 5.75 Å². The van der Waals surface area contributed by atoms with E-state index in [1.165, 1.54) is 0 Å². The van der Waals surface area contributed by atoms with Crippen LogP contribution in [0.2, 0.25) is 18.1 Å². The summed E-state index contributed by atoms with van der Waals surface area (Å²) in [5.74, 6) is 0.827. The van der Waals surface area contributed by atoms with Crippen LogP contribution in [0.25, 0.3) is 0 Å².